The molecule has 0 aliphatic heterocycles. The van der Waals surface area contributed by atoms with Crippen molar-refractivity contribution in [3.63, 3.8) is 0 Å². The summed E-state index contributed by atoms with van der Waals surface area (Å²) in [5, 5.41) is 6.16. The van der Waals surface area contributed by atoms with Gasteiger partial charge in [0.05, 0.1) is 28.1 Å². The van der Waals surface area contributed by atoms with Crippen molar-refractivity contribution in [2.75, 3.05) is 18.1 Å². The summed E-state index contributed by atoms with van der Waals surface area (Å²) in [6.45, 7) is 1.83. The Morgan fingerprint density at radius 1 is 1.26 bits per heavy atom. The number of hydrogen-bond donors (Lipinski definition) is 3. The Labute approximate surface area is 188 Å². The first-order chi connectivity index (χ1) is 15.0. The Morgan fingerprint density at radius 2 is 2.06 bits per heavy atom. The lowest BCUT2D eigenvalue weighted by molar-refractivity contribution is -0.113. The van der Waals surface area contributed by atoms with Crippen LogP contribution in [0.25, 0.3) is 10.2 Å². The molecular formula is C22H24N4O3S2. The van der Waals surface area contributed by atoms with Crippen molar-refractivity contribution in [2.45, 2.75) is 38.4 Å². The van der Waals surface area contributed by atoms with Crippen molar-refractivity contribution >= 4 is 50.8 Å². The number of aromatic amines is 1. The van der Waals surface area contributed by atoms with E-state index < -0.39 is 0 Å². The van der Waals surface area contributed by atoms with Gasteiger partial charge in [-0.3, -0.25) is 14.4 Å². The molecule has 9 heteroatoms. The van der Waals surface area contributed by atoms with Crippen molar-refractivity contribution < 1.29 is 9.59 Å². The van der Waals surface area contributed by atoms with E-state index >= 15 is 0 Å². The van der Waals surface area contributed by atoms with Crippen molar-refractivity contribution in [1.82, 2.24) is 15.3 Å². The first kappa shape index (κ1) is 21.6. The molecule has 0 saturated heterocycles. The van der Waals surface area contributed by atoms with Crippen LogP contribution < -0.4 is 16.2 Å². The molecule has 0 spiro atoms. The second kappa shape index (κ2) is 9.23. The number of amides is 2. The third-order valence-corrected chi connectivity index (χ3v) is 7.48. The maximum Gasteiger partial charge on any atom is 0.259 e. The second-order valence-corrected chi connectivity index (χ2v) is 9.59. The van der Waals surface area contributed by atoms with Gasteiger partial charge in [-0.25, -0.2) is 4.98 Å². The highest BCUT2D eigenvalue weighted by atomic mass is 32.2. The van der Waals surface area contributed by atoms with Crippen LogP contribution >= 0.6 is 23.1 Å². The Hall–Kier alpha value is -2.65. The number of nitrogens with one attached hydrogen (secondary N) is 3. The number of thiophene rings is 1. The van der Waals surface area contributed by atoms with Gasteiger partial charge in [-0.15, -0.1) is 23.1 Å². The average Bonchev–Trinajstić information content (AvgIpc) is 3.12. The molecule has 2 aromatic heterocycles. The topological polar surface area (TPSA) is 104 Å². The zero-order valence-electron chi connectivity index (χ0n) is 17.5. The summed E-state index contributed by atoms with van der Waals surface area (Å²) in [4.78, 5) is 46.8. The Balaban J connectivity index is 1.41. The van der Waals surface area contributed by atoms with E-state index in [2.05, 4.69) is 20.6 Å². The highest BCUT2D eigenvalue weighted by Gasteiger charge is 2.20. The maximum absolute atomic E-state index is 12.6. The normalized spacial score (nSPS) is 13.1. The number of aromatic nitrogens is 2. The smallest absolute Gasteiger partial charge is 0.259 e. The van der Waals surface area contributed by atoms with E-state index in [1.54, 1.807) is 30.5 Å². The molecule has 0 saturated carbocycles. The van der Waals surface area contributed by atoms with E-state index in [4.69, 9.17) is 0 Å². The van der Waals surface area contributed by atoms with Crippen LogP contribution in [-0.2, 0) is 23.4 Å². The van der Waals surface area contributed by atoms with Crippen molar-refractivity contribution in [2.24, 2.45) is 0 Å². The molecule has 3 aromatic rings. The summed E-state index contributed by atoms with van der Waals surface area (Å²) in [5.41, 5.74) is 2.82. The van der Waals surface area contributed by atoms with Gasteiger partial charge in [0, 0.05) is 11.9 Å². The number of carbonyl (C=O) groups excluding carboxylic acids is 2. The number of fused-ring (bicyclic) bond motifs is 3. The fraction of sp³-hybridized carbons (Fsp3) is 0.364. The van der Waals surface area contributed by atoms with E-state index in [1.807, 2.05) is 13.0 Å². The molecule has 7 nitrogen and oxygen atoms in total. The van der Waals surface area contributed by atoms with E-state index in [9.17, 15) is 14.4 Å². The van der Waals surface area contributed by atoms with Gasteiger partial charge in [0.2, 0.25) is 5.91 Å². The lowest BCUT2D eigenvalue weighted by Crippen LogP contribution is -2.23. The van der Waals surface area contributed by atoms with Gasteiger partial charge < -0.3 is 15.6 Å². The molecule has 2 amide bonds. The number of anilines is 1. The largest absolute Gasteiger partial charge is 0.355 e. The second-order valence-electron chi connectivity index (χ2n) is 7.52. The fourth-order valence-electron chi connectivity index (χ4n) is 3.90. The van der Waals surface area contributed by atoms with Gasteiger partial charge in [0.1, 0.15) is 10.7 Å². The summed E-state index contributed by atoms with van der Waals surface area (Å²) < 4.78 is 0. The van der Waals surface area contributed by atoms with Crippen LogP contribution in [0, 0.1) is 6.92 Å². The van der Waals surface area contributed by atoms with Crippen LogP contribution in [0.5, 0.6) is 0 Å². The van der Waals surface area contributed by atoms with Crippen LogP contribution in [0.4, 0.5) is 5.69 Å². The molecule has 2 heterocycles. The third kappa shape index (κ3) is 4.52. The van der Waals surface area contributed by atoms with E-state index in [0.717, 1.165) is 41.5 Å². The molecular weight excluding hydrogens is 432 g/mol. The maximum atomic E-state index is 12.6. The van der Waals surface area contributed by atoms with Crippen molar-refractivity contribution in [3.8, 4) is 0 Å². The summed E-state index contributed by atoms with van der Waals surface area (Å²) in [6, 6.07) is 5.34. The molecule has 0 bridgehead atoms. The molecule has 4 rings (SSSR count). The van der Waals surface area contributed by atoms with Gasteiger partial charge in [0.15, 0.2) is 0 Å². The molecule has 0 fully saturated rings. The molecule has 1 aliphatic rings. The first-order valence-electron chi connectivity index (χ1n) is 10.2. The third-order valence-electron chi connectivity index (χ3n) is 5.35. The molecule has 0 atom stereocenters. The summed E-state index contributed by atoms with van der Waals surface area (Å²) in [7, 11) is 1.56. The van der Waals surface area contributed by atoms with Gasteiger partial charge in [-0.05, 0) is 49.8 Å². The predicted octanol–water partition coefficient (Wildman–Crippen LogP) is 3.40. The minimum Gasteiger partial charge on any atom is -0.355 e. The lowest BCUT2D eigenvalue weighted by Gasteiger charge is -2.12. The molecule has 0 radical (unpaired) electrons. The molecule has 1 aliphatic carbocycles. The Kier molecular flexibility index (Phi) is 6.43. The van der Waals surface area contributed by atoms with Gasteiger partial charge in [0.25, 0.3) is 11.5 Å². The Bertz CT molecular complexity index is 1220. The quantitative estimate of drug-likeness (QED) is 0.527. The number of nitrogens with zero attached hydrogens (tertiary/aromatic N) is 1. The zero-order chi connectivity index (χ0) is 22.0. The van der Waals surface area contributed by atoms with Gasteiger partial charge in [-0.2, -0.15) is 0 Å². The number of carbonyl (C=O) groups is 2. The zero-order valence-corrected chi connectivity index (χ0v) is 19.1. The SMILES string of the molecule is CNC(=O)c1c(C)cccc1NC(=O)CSCc1nc2sc3c(c2c(=O)[nH]1)CCCC3. The van der Waals surface area contributed by atoms with Gasteiger partial charge >= 0.3 is 0 Å². The minimum absolute atomic E-state index is 0.0839. The van der Waals surface area contributed by atoms with Crippen LogP contribution in [0.2, 0.25) is 0 Å². The first-order valence-corrected chi connectivity index (χ1v) is 12.2. The average molecular weight is 457 g/mol. The number of hydrogen-bond acceptors (Lipinski definition) is 6. The van der Waals surface area contributed by atoms with Crippen LogP contribution in [0.1, 0.15) is 45.0 Å². The standard InChI is InChI=1S/C22H24N4O3S2/c1-12-6-5-8-14(18(12)20(28)23-2)24-17(27)11-30-10-16-25-21(29)19-13-7-3-4-9-15(13)31-22(19)26-16/h5-6,8H,3-4,7,9-11H2,1-2H3,(H,23,28)(H,24,27)(H,25,26,29). The van der Waals surface area contributed by atoms with E-state index in [1.165, 1.54) is 22.2 Å². The van der Waals surface area contributed by atoms with Crippen molar-refractivity contribution in [1.29, 1.82) is 0 Å². The van der Waals surface area contributed by atoms with E-state index in [-0.39, 0.29) is 23.1 Å². The molecule has 31 heavy (non-hydrogen) atoms. The van der Waals surface area contributed by atoms with Crippen LogP contribution in [0.15, 0.2) is 23.0 Å². The number of aryl methyl sites for hydroxylation is 3. The minimum atomic E-state index is -0.241. The fourth-order valence-corrected chi connectivity index (χ4v) is 5.87. The number of benzene rings is 1. The molecule has 0 unspecified atom stereocenters. The predicted molar refractivity (Wildman–Crippen MR) is 126 cm³/mol. The van der Waals surface area contributed by atoms with E-state index in [0.29, 0.717) is 22.8 Å². The number of H-pyrrole nitrogens is 1. The molecule has 3 N–H and O–H groups in total. The summed E-state index contributed by atoms with van der Waals surface area (Å²) in [5.74, 6) is 0.738. The molecule has 162 valence electrons. The monoisotopic (exact) mass is 456 g/mol. The van der Waals surface area contributed by atoms with Crippen LogP contribution in [-0.4, -0.2) is 34.6 Å². The molecule has 1 aromatic carbocycles. The Morgan fingerprint density at radius 3 is 2.87 bits per heavy atom. The van der Waals surface area contributed by atoms with Gasteiger partial charge in [-0.1, -0.05) is 12.1 Å². The number of rotatable bonds is 6. The van der Waals surface area contributed by atoms with Crippen molar-refractivity contribution in [3.05, 3.63) is 55.9 Å². The van der Waals surface area contributed by atoms with Crippen LogP contribution in [0.3, 0.4) is 0 Å². The highest BCUT2D eigenvalue weighted by molar-refractivity contribution is 7.99. The lowest BCUT2D eigenvalue weighted by atomic mass is 9.97. The number of thioether (sulfide) groups is 1. The summed E-state index contributed by atoms with van der Waals surface area (Å²) >= 11 is 2.99. The highest BCUT2D eigenvalue weighted by Crippen LogP contribution is 2.33. The summed E-state index contributed by atoms with van der Waals surface area (Å²) in [6.07, 6.45) is 4.26.